The van der Waals surface area contributed by atoms with Crippen LogP contribution in [0.3, 0.4) is 0 Å². The Bertz CT molecular complexity index is 9660. The minimum Gasteiger partial charge on any atom is -0.456 e. The number of nitrogens with zero attached hydrogens (tertiary/aromatic N) is 3. The molecule has 0 atom stereocenters. The van der Waals surface area contributed by atoms with Crippen LogP contribution in [-0.2, 0) is 0 Å². The molecular weight excluding hydrogens is 1520 g/mol. The molecule has 31 aromatic rings. The zero-order valence-electron chi connectivity index (χ0n) is 65.5. The fraction of sp³-hybridized carbons (Fsp3) is 0. The molecule has 0 aliphatic heterocycles. The van der Waals surface area contributed by atoms with Gasteiger partial charge in [-0.25, -0.2) is 0 Å². The quantitative estimate of drug-likeness (QED) is 0.175. The summed E-state index contributed by atoms with van der Waals surface area (Å²) in [6, 6.07) is 133. The highest BCUT2D eigenvalue weighted by atomic mass is 32.1. The molecule has 568 valence electrons. The molecule has 9 aromatic heterocycles. The number of benzene rings is 19. The number of furan rings is 5. The Balaban J connectivity index is 0.0000000930. The molecule has 31 rings (SSSR count). The first-order valence-corrected chi connectivity index (χ1v) is 42.7. The van der Waals surface area contributed by atoms with Crippen LogP contribution in [-0.4, -0.2) is 13.7 Å². The topological polar surface area (TPSA) is 80.5 Å². The van der Waals surface area contributed by atoms with Crippen LogP contribution in [0.5, 0.6) is 0 Å². The van der Waals surface area contributed by atoms with E-state index in [1.807, 2.05) is 35.6 Å². The zero-order chi connectivity index (χ0) is 79.7. The molecule has 0 spiro atoms. The van der Waals surface area contributed by atoms with Gasteiger partial charge in [0.1, 0.15) is 55.8 Å². The fourth-order valence-electron chi connectivity index (χ4n) is 21.9. The monoisotopic (exact) mass is 1580 g/mol. The smallest absolute Gasteiger partial charge is 0.137 e. The third kappa shape index (κ3) is 8.85. The van der Waals surface area contributed by atoms with E-state index in [0.29, 0.717) is 0 Å². The molecule has 22 aromatic carbocycles. The number of aromatic nitrogens is 3. The molecule has 0 amide bonds. The summed E-state index contributed by atoms with van der Waals surface area (Å²) in [5, 5.41) is 36.8. The minimum absolute atomic E-state index is 0.895. The average molecular weight is 1580 g/mol. The van der Waals surface area contributed by atoms with Crippen LogP contribution < -0.4 is 0 Å². The van der Waals surface area contributed by atoms with Gasteiger partial charge < -0.3 is 35.8 Å². The van der Waals surface area contributed by atoms with Crippen LogP contribution in [0, 0.1) is 0 Å². The SMILES string of the molecule is c1cc(-c2cccc3oc4ccccc4c23)cc(-n2c3cccc4c5ccccc5c5cccc6oc7ccc2c(c7c65)c43)c1.c1ccc2c(c1)oc1cc(-n3c4cccc5c6ccccc6c6cccc7oc8ccc3c(c8c76)c54)ccc12.c1ccc2c(c1)sc1cc(-n3c4cccc5c6ccccc6c6cccc7oc8ccc3c(c8c76)c54)ccc12. The van der Waals surface area contributed by atoms with Crippen molar-refractivity contribution in [2.24, 2.45) is 0 Å². The lowest BCUT2D eigenvalue weighted by Gasteiger charge is -2.11. The summed E-state index contributed by atoms with van der Waals surface area (Å²) in [5.74, 6) is 0. The van der Waals surface area contributed by atoms with Crippen molar-refractivity contribution < 1.29 is 22.1 Å². The fourth-order valence-corrected chi connectivity index (χ4v) is 23.1. The second-order valence-electron chi connectivity index (χ2n) is 33.0. The first-order chi connectivity index (χ1) is 61.0. The summed E-state index contributed by atoms with van der Waals surface area (Å²) in [6.45, 7) is 0. The van der Waals surface area contributed by atoms with Crippen LogP contribution in [0.25, 0.3) is 288 Å². The maximum Gasteiger partial charge on any atom is 0.137 e. The highest BCUT2D eigenvalue weighted by Gasteiger charge is 2.29. The van der Waals surface area contributed by atoms with Gasteiger partial charge in [-0.05, 0) is 209 Å². The molecule has 0 saturated heterocycles. The van der Waals surface area contributed by atoms with Crippen molar-refractivity contribution in [2.75, 3.05) is 0 Å². The lowest BCUT2D eigenvalue weighted by atomic mass is 9.95. The van der Waals surface area contributed by atoms with E-state index in [9.17, 15) is 0 Å². The Hall–Kier alpha value is -16.2. The van der Waals surface area contributed by atoms with Crippen LogP contribution in [0.15, 0.2) is 392 Å². The van der Waals surface area contributed by atoms with Crippen molar-refractivity contribution in [1.29, 1.82) is 0 Å². The largest absolute Gasteiger partial charge is 0.456 e. The van der Waals surface area contributed by atoms with Gasteiger partial charge in [0.15, 0.2) is 0 Å². The molecule has 0 N–H and O–H groups in total. The molecule has 0 fully saturated rings. The molecular formula is C114H61N3O5S. The van der Waals surface area contributed by atoms with E-state index in [2.05, 4.69) is 359 Å². The molecule has 123 heavy (non-hydrogen) atoms. The molecule has 9 heterocycles. The maximum absolute atomic E-state index is 6.53. The van der Waals surface area contributed by atoms with E-state index in [-0.39, 0.29) is 0 Å². The van der Waals surface area contributed by atoms with Crippen molar-refractivity contribution >= 4 is 271 Å². The van der Waals surface area contributed by atoms with Crippen LogP contribution in [0.1, 0.15) is 0 Å². The van der Waals surface area contributed by atoms with Gasteiger partial charge in [0.2, 0.25) is 0 Å². The number of hydrogen-bond acceptors (Lipinski definition) is 6. The number of rotatable bonds is 4. The number of para-hydroxylation sites is 2. The van der Waals surface area contributed by atoms with Gasteiger partial charge in [-0.3, -0.25) is 0 Å². The maximum atomic E-state index is 6.53. The normalized spacial score (nSPS) is 12.6. The summed E-state index contributed by atoms with van der Waals surface area (Å²) >= 11 is 1.87. The van der Waals surface area contributed by atoms with E-state index in [1.54, 1.807) is 0 Å². The van der Waals surface area contributed by atoms with Gasteiger partial charge in [0.25, 0.3) is 0 Å². The van der Waals surface area contributed by atoms with E-state index in [4.69, 9.17) is 22.1 Å². The van der Waals surface area contributed by atoms with Crippen LogP contribution in [0.4, 0.5) is 0 Å². The molecule has 8 nitrogen and oxygen atoms in total. The third-order valence-corrected chi connectivity index (χ3v) is 28.0. The highest BCUT2D eigenvalue weighted by molar-refractivity contribution is 7.25. The van der Waals surface area contributed by atoms with Gasteiger partial charge in [-0.1, -0.05) is 231 Å². The summed E-state index contributed by atoms with van der Waals surface area (Å²) in [5.41, 5.74) is 22.0. The first kappa shape index (κ1) is 65.8. The molecule has 0 bridgehead atoms. The van der Waals surface area contributed by atoms with Gasteiger partial charge in [-0.2, -0.15) is 0 Å². The van der Waals surface area contributed by atoms with Crippen molar-refractivity contribution in [3.63, 3.8) is 0 Å². The van der Waals surface area contributed by atoms with E-state index >= 15 is 0 Å². The van der Waals surface area contributed by atoms with Gasteiger partial charge in [0.05, 0.1) is 33.1 Å². The lowest BCUT2D eigenvalue weighted by Crippen LogP contribution is -1.94. The van der Waals surface area contributed by atoms with Gasteiger partial charge in [0, 0.05) is 129 Å². The Morgan fingerprint density at radius 2 is 0.463 bits per heavy atom. The molecule has 0 aliphatic rings. The predicted octanol–water partition coefficient (Wildman–Crippen LogP) is 33.1. The minimum atomic E-state index is 0.895. The highest BCUT2D eigenvalue weighted by Crippen LogP contribution is 2.53. The summed E-state index contributed by atoms with van der Waals surface area (Å²) in [4.78, 5) is 0. The van der Waals surface area contributed by atoms with Crippen molar-refractivity contribution in [3.05, 3.63) is 370 Å². The average Bonchev–Trinajstić information content (AvgIpc) is 1.54. The third-order valence-electron chi connectivity index (χ3n) is 26.8. The Kier molecular flexibility index (Phi) is 13.0. The van der Waals surface area contributed by atoms with Crippen molar-refractivity contribution in [3.8, 4) is 28.2 Å². The molecule has 9 heteroatoms. The predicted molar refractivity (Wildman–Crippen MR) is 516 cm³/mol. The summed E-state index contributed by atoms with van der Waals surface area (Å²) in [6.07, 6.45) is 0. The Labute approximate surface area is 700 Å². The summed E-state index contributed by atoms with van der Waals surface area (Å²) < 4.78 is 41.9. The molecule has 0 aliphatic carbocycles. The Morgan fingerprint density at radius 3 is 0.951 bits per heavy atom. The number of fused-ring (bicyclic) bond motifs is 18. The van der Waals surface area contributed by atoms with Gasteiger partial charge >= 0.3 is 0 Å². The van der Waals surface area contributed by atoms with Crippen LogP contribution >= 0.6 is 11.3 Å². The van der Waals surface area contributed by atoms with Crippen molar-refractivity contribution in [2.45, 2.75) is 0 Å². The second kappa shape index (κ2) is 24.3. The second-order valence-corrected chi connectivity index (χ2v) is 34.1. The zero-order valence-corrected chi connectivity index (χ0v) is 66.3. The van der Waals surface area contributed by atoms with E-state index < -0.39 is 0 Å². The van der Waals surface area contributed by atoms with Crippen molar-refractivity contribution in [1.82, 2.24) is 13.7 Å². The molecule has 0 saturated carbocycles. The first-order valence-electron chi connectivity index (χ1n) is 41.9. The number of thiophene rings is 1. The lowest BCUT2D eigenvalue weighted by molar-refractivity contribution is 0.668. The van der Waals surface area contributed by atoms with Gasteiger partial charge in [-0.15, -0.1) is 11.3 Å². The standard InChI is InChI=1S/C42H23NO2.C36H19NO2.C36H19NOS/c1-2-12-28-27(11-1)29-15-6-17-32-39(29)41-33(21-22-37-42(41)40-30(28)16-8-20-36(40)45-37)43(32)25-10-5-9-24(23-25)26-14-7-19-35-38(26)31-13-3-4-18-34(31)44-35;1-2-8-22-21(7-1)25-10-5-12-27-33(25)35-28(17-18-31-36(35)34-26(22)11-6-14-30(34)39-31)37(27)20-15-16-24-23-9-3-4-13-29(23)38-32(24)19-20;1-2-8-22-21(7-1)25-10-5-12-27-33(25)35-28(17-18-30-36(35)34-26(22)11-6-13-29(34)38-30)37(27)20-15-16-24-23-9-3-4-14-31(23)39-32(24)19-20/h1-23H;2*1-19H. The van der Waals surface area contributed by atoms with E-state index in [0.717, 1.165) is 99.8 Å². The van der Waals surface area contributed by atoms with E-state index in [1.165, 1.54) is 188 Å². The summed E-state index contributed by atoms with van der Waals surface area (Å²) in [7, 11) is 0. The molecule has 0 unspecified atom stereocenters. The van der Waals surface area contributed by atoms with Crippen LogP contribution in [0.2, 0.25) is 0 Å². The Morgan fingerprint density at radius 1 is 0.154 bits per heavy atom. The molecule has 0 radical (unpaired) electrons. The number of hydrogen-bond donors (Lipinski definition) is 0.